The first-order valence-corrected chi connectivity index (χ1v) is 6.22. The van der Waals surface area contributed by atoms with Crippen LogP contribution in [0.25, 0.3) is 0 Å². The van der Waals surface area contributed by atoms with E-state index in [-0.39, 0.29) is 0 Å². The predicted octanol–water partition coefficient (Wildman–Crippen LogP) is 2.25. The van der Waals surface area contributed by atoms with Crippen LogP contribution in [-0.2, 0) is 0 Å². The minimum Gasteiger partial charge on any atom is -0.315 e. The van der Waals surface area contributed by atoms with Gasteiger partial charge in [-0.25, -0.2) is 0 Å². The Labute approximate surface area is 89.1 Å². The summed E-state index contributed by atoms with van der Waals surface area (Å²) >= 11 is 0. The molecule has 0 bridgehead atoms. The molecule has 1 aliphatic heterocycles. The second-order valence-corrected chi connectivity index (χ2v) is 4.69. The summed E-state index contributed by atoms with van der Waals surface area (Å²) in [5.74, 6) is 0. The van der Waals surface area contributed by atoms with Crippen molar-refractivity contribution in [2.24, 2.45) is 0 Å². The van der Waals surface area contributed by atoms with Crippen molar-refractivity contribution in [3.63, 3.8) is 0 Å². The fraction of sp³-hybridized carbons (Fsp3) is 1.00. The molecule has 0 aromatic heterocycles. The molecule has 0 aromatic carbocycles. The first kappa shape index (κ1) is 12.0. The van der Waals surface area contributed by atoms with Gasteiger partial charge in [0.25, 0.3) is 0 Å². The maximum atomic E-state index is 3.46. The molecule has 1 unspecified atom stereocenters. The SMILES string of the molecule is CCCCCN(C(C)C)C1CCNC1. The second kappa shape index (κ2) is 6.41. The van der Waals surface area contributed by atoms with Crippen LogP contribution in [0.3, 0.4) is 0 Å². The molecule has 0 radical (unpaired) electrons. The highest BCUT2D eigenvalue weighted by Gasteiger charge is 2.23. The fourth-order valence-electron chi connectivity index (χ4n) is 2.33. The lowest BCUT2D eigenvalue weighted by atomic mass is 10.1. The van der Waals surface area contributed by atoms with Crippen LogP contribution in [-0.4, -0.2) is 36.6 Å². The molecule has 1 rings (SSSR count). The molecule has 1 aliphatic rings. The number of nitrogens with one attached hydrogen (secondary N) is 1. The van der Waals surface area contributed by atoms with Gasteiger partial charge in [-0.3, -0.25) is 4.90 Å². The van der Waals surface area contributed by atoms with Gasteiger partial charge in [-0.1, -0.05) is 19.8 Å². The normalized spacial score (nSPS) is 22.5. The molecule has 2 nitrogen and oxygen atoms in total. The summed E-state index contributed by atoms with van der Waals surface area (Å²) in [4.78, 5) is 2.68. The Morgan fingerprint density at radius 1 is 1.36 bits per heavy atom. The zero-order chi connectivity index (χ0) is 10.4. The Morgan fingerprint density at radius 3 is 2.64 bits per heavy atom. The molecule has 14 heavy (non-hydrogen) atoms. The van der Waals surface area contributed by atoms with Crippen LogP contribution in [0.1, 0.15) is 46.5 Å². The van der Waals surface area contributed by atoms with Crippen LogP contribution < -0.4 is 5.32 Å². The zero-order valence-electron chi connectivity index (χ0n) is 10.1. The first-order valence-electron chi connectivity index (χ1n) is 6.22. The van der Waals surface area contributed by atoms with E-state index in [0.29, 0.717) is 6.04 Å². The Morgan fingerprint density at radius 2 is 2.14 bits per heavy atom. The third-order valence-electron chi connectivity index (χ3n) is 3.19. The maximum Gasteiger partial charge on any atom is 0.0235 e. The van der Waals surface area contributed by atoms with Crippen molar-refractivity contribution in [2.75, 3.05) is 19.6 Å². The van der Waals surface area contributed by atoms with E-state index in [1.54, 1.807) is 0 Å². The van der Waals surface area contributed by atoms with Crippen molar-refractivity contribution < 1.29 is 0 Å². The third-order valence-corrected chi connectivity index (χ3v) is 3.19. The zero-order valence-corrected chi connectivity index (χ0v) is 10.1. The van der Waals surface area contributed by atoms with Gasteiger partial charge < -0.3 is 5.32 Å². The van der Waals surface area contributed by atoms with E-state index in [1.807, 2.05) is 0 Å². The summed E-state index contributed by atoms with van der Waals surface area (Å²) in [6.45, 7) is 10.6. The number of unbranched alkanes of at least 4 members (excludes halogenated alkanes) is 2. The highest BCUT2D eigenvalue weighted by molar-refractivity contribution is 4.82. The van der Waals surface area contributed by atoms with Gasteiger partial charge in [0.2, 0.25) is 0 Å². The quantitative estimate of drug-likeness (QED) is 0.659. The van der Waals surface area contributed by atoms with Gasteiger partial charge in [-0.15, -0.1) is 0 Å². The van der Waals surface area contributed by atoms with Crippen LogP contribution in [0.5, 0.6) is 0 Å². The molecule has 84 valence electrons. The van der Waals surface area contributed by atoms with Gasteiger partial charge in [-0.05, 0) is 39.8 Å². The van der Waals surface area contributed by atoms with Gasteiger partial charge in [0.1, 0.15) is 0 Å². The van der Waals surface area contributed by atoms with Crippen molar-refractivity contribution in [1.82, 2.24) is 10.2 Å². The molecule has 2 heteroatoms. The highest BCUT2D eigenvalue weighted by atomic mass is 15.2. The Balaban J connectivity index is 2.30. The molecule has 0 spiro atoms. The molecule has 0 saturated carbocycles. The van der Waals surface area contributed by atoms with Crippen molar-refractivity contribution >= 4 is 0 Å². The summed E-state index contributed by atoms with van der Waals surface area (Å²) < 4.78 is 0. The smallest absolute Gasteiger partial charge is 0.0235 e. The second-order valence-electron chi connectivity index (χ2n) is 4.69. The van der Waals surface area contributed by atoms with Crippen molar-refractivity contribution in [3.05, 3.63) is 0 Å². The molecule has 1 N–H and O–H groups in total. The molecule has 0 amide bonds. The minimum absolute atomic E-state index is 0.705. The third kappa shape index (κ3) is 3.58. The van der Waals surface area contributed by atoms with E-state index in [9.17, 15) is 0 Å². The van der Waals surface area contributed by atoms with E-state index in [2.05, 4.69) is 31.0 Å². The van der Waals surface area contributed by atoms with E-state index >= 15 is 0 Å². The number of nitrogens with zero attached hydrogens (tertiary/aromatic N) is 1. The predicted molar refractivity (Wildman–Crippen MR) is 62.6 cm³/mol. The Hall–Kier alpha value is -0.0800. The lowest BCUT2D eigenvalue weighted by Crippen LogP contribution is -2.42. The van der Waals surface area contributed by atoms with Crippen LogP contribution in [0.4, 0.5) is 0 Å². The highest BCUT2D eigenvalue weighted by Crippen LogP contribution is 2.13. The molecule has 0 aromatic rings. The van der Waals surface area contributed by atoms with Crippen molar-refractivity contribution in [3.8, 4) is 0 Å². The molecular weight excluding hydrogens is 172 g/mol. The van der Waals surface area contributed by atoms with Crippen LogP contribution in [0.15, 0.2) is 0 Å². The van der Waals surface area contributed by atoms with Crippen LogP contribution in [0.2, 0.25) is 0 Å². The molecule has 1 saturated heterocycles. The largest absolute Gasteiger partial charge is 0.315 e. The first-order chi connectivity index (χ1) is 6.75. The Kier molecular flexibility index (Phi) is 5.49. The molecule has 0 aliphatic carbocycles. The number of hydrogen-bond acceptors (Lipinski definition) is 2. The summed E-state index contributed by atoms with van der Waals surface area (Å²) in [5, 5.41) is 3.46. The lowest BCUT2D eigenvalue weighted by molar-refractivity contribution is 0.160. The summed E-state index contributed by atoms with van der Waals surface area (Å²) in [7, 11) is 0. The van der Waals surface area contributed by atoms with Crippen molar-refractivity contribution in [1.29, 1.82) is 0 Å². The summed E-state index contributed by atoms with van der Waals surface area (Å²) in [6, 6.07) is 1.50. The van der Waals surface area contributed by atoms with Crippen LogP contribution in [0, 0.1) is 0 Å². The van der Waals surface area contributed by atoms with E-state index in [1.165, 1.54) is 45.3 Å². The summed E-state index contributed by atoms with van der Waals surface area (Å²) in [5.41, 5.74) is 0. The van der Waals surface area contributed by atoms with Gasteiger partial charge >= 0.3 is 0 Å². The molecule has 1 fully saturated rings. The Bertz CT molecular complexity index is 139. The van der Waals surface area contributed by atoms with Crippen LogP contribution >= 0.6 is 0 Å². The summed E-state index contributed by atoms with van der Waals surface area (Å²) in [6.07, 6.45) is 5.41. The topological polar surface area (TPSA) is 15.3 Å². The monoisotopic (exact) mass is 198 g/mol. The van der Waals surface area contributed by atoms with Crippen molar-refractivity contribution in [2.45, 2.75) is 58.5 Å². The molecule has 1 heterocycles. The average Bonchev–Trinajstić information content (AvgIpc) is 2.64. The van der Waals surface area contributed by atoms with E-state index in [0.717, 1.165) is 6.04 Å². The van der Waals surface area contributed by atoms with E-state index in [4.69, 9.17) is 0 Å². The van der Waals surface area contributed by atoms with Gasteiger partial charge in [0.15, 0.2) is 0 Å². The van der Waals surface area contributed by atoms with E-state index < -0.39 is 0 Å². The lowest BCUT2D eigenvalue weighted by Gasteiger charge is -2.32. The maximum absolute atomic E-state index is 3.46. The van der Waals surface area contributed by atoms with Gasteiger partial charge in [0, 0.05) is 18.6 Å². The number of hydrogen-bond donors (Lipinski definition) is 1. The molecule has 1 atom stereocenters. The minimum atomic E-state index is 0.705. The van der Waals surface area contributed by atoms with Gasteiger partial charge in [-0.2, -0.15) is 0 Å². The van der Waals surface area contributed by atoms with Gasteiger partial charge in [0.05, 0.1) is 0 Å². The molecular formula is C12H26N2. The fourth-order valence-corrected chi connectivity index (χ4v) is 2.33. The average molecular weight is 198 g/mol. The standard InChI is InChI=1S/C12H26N2/c1-4-5-6-9-14(11(2)3)12-7-8-13-10-12/h11-13H,4-10H2,1-3H3. The number of rotatable bonds is 6.